The fraction of sp³-hybridized carbons (Fsp3) is 0.160. The highest BCUT2D eigenvalue weighted by atomic mass is 19.1. The van der Waals surface area contributed by atoms with Crippen LogP contribution in [-0.2, 0) is 0 Å². The maximum Gasteiger partial charge on any atom is 0.295 e. The molecule has 0 bridgehead atoms. The SMILES string of the molecule is Cc1ccc(NC(=O)c2nc(-c3ccc(F)cc3)n(-c3cccc(C)c3C)n2)c(C)c1. The number of hydrogen-bond donors (Lipinski definition) is 1. The summed E-state index contributed by atoms with van der Waals surface area (Å²) in [4.78, 5) is 17.5. The first-order valence-electron chi connectivity index (χ1n) is 10.0. The van der Waals surface area contributed by atoms with Crippen molar-refractivity contribution < 1.29 is 9.18 Å². The summed E-state index contributed by atoms with van der Waals surface area (Å²) >= 11 is 0. The Morgan fingerprint density at radius 2 is 1.68 bits per heavy atom. The number of nitrogens with zero attached hydrogens (tertiary/aromatic N) is 3. The average molecular weight is 414 g/mol. The van der Waals surface area contributed by atoms with Gasteiger partial charge in [-0.05, 0) is 80.8 Å². The van der Waals surface area contributed by atoms with E-state index in [2.05, 4.69) is 15.4 Å². The Balaban J connectivity index is 1.80. The van der Waals surface area contributed by atoms with Crippen LogP contribution >= 0.6 is 0 Å². The fourth-order valence-corrected chi connectivity index (χ4v) is 3.46. The monoisotopic (exact) mass is 414 g/mol. The molecule has 1 aromatic heterocycles. The number of rotatable bonds is 4. The molecule has 3 aromatic carbocycles. The number of benzene rings is 3. The molecule has 0 atom stereocenters. The first-order chi connectivity index (χ1) is 14.8. The minimum absolute atomic E-state index is 0.0419. The van der Waals surface area contributed by atoms with Crippen LogP contribution in [0.4, 0.5) is 10.1 Å². The van der Waals surface area contributed by atoms with Crippen LogP contribution in [0.5, 0.6) is 0 Å². The summed E-state index contributed by atoms with van der Waals surface area (Å²) in [5.41, 5.74) is 6.39. The van der Waals surface area contributed by atoms with E-state index in [0.717, 1.165) is 27.9 Å². The van der Waals surface area contributed by atoms with Gasteiger partial charge in [-0.1, -0.05) is 29.8 Å². The number of hydrogen-bond acceptors (Lipinski definition) is 3. The number of amides is 1. The van der Waals surface area contributed by atoms with Gasteiger partial charge in [-0.25, -0.2) is 14.1 Å². The summed E-state index contributed by atoms with van der Waals surface area (Å²) in [6, 6.07) is 17.7. The lowest BCUT2D eigenvalue weighted by molar-refractivity contribution is 0.101. The second kappa shape index (κ2) is 8.14. The molecule has 0 aliphatic heterocycles. The van der Waals surface area contributed by atoms with Crippen LogP contribution in [-0.4, -0.2) is 20.7 Å². The Kier molecular flexibility index (Phi) is 5.38. The van der Waals surface area contributed by atoms with Crippen molar-refractivity contribution in [2.75, 3.05) is 5.32 Å². The first-order valence-corrected chi connectivity index (χ1v) is 10.0. The Labute approximate surface area is 180 Å². The quantitative estimate of drug-likeness (QED) is 0.476. The van der Waals surface area contributed by atoms with Crippen LogP contribution in [0.25, 0.3) is 17.1 Å². The maximum atomic E-state index is 13.5. The van der Waals surface area contributed by atoms with Gasteiger partial charge in [-0.3, -0.25) is 4.79 Å². The molecule has 6 heteroatoms. The third kappa shape index (κ3) is 4.10. The van der Waals surface area contributed by atoms with Gasteiger partial charge in [0.15, 0.2) is 5.82 Å². The summed E-state index contributed by atoms with van der Waals surface area (Å²) in [5.74, 6) is -0.228. The molecule has 1 heterocycles. The number of anilines is 1. The van der Waals surface area contributed by atoms with Gasteiger partial charge in [-0.2, -0.15) is 0 Å². The van der Waals surface area contributed by atoms with Gasteiger partial charge in [-0.15, -0.1) is 5.10 Å². The van der Waals surface area contributed by atoms with E-state index in [-0.39, 0.29) is 11.6 Å². The summed E-state index contributed by atoms with van der Waals surface area (Å²) in [7, 11) is 0. The standard InChI is InChI=1S/C25H23FN4O/c1-15-8-13-21(17(3)14-15)27-25(31)23-28-24(19-9-11-20(26)12-10-19)30(29-23)22-7-5-6-16(2)18(22)4/h5-14H,1-4H3,(H,27,31). The zero-order valence-corrected chi connectivity index (χ0v) is 17.9. The maximum absolute atomic E-state index is 13.5. The highest BCUT2D eigenvalue weighted by Crippen LogP contribution is 2.25. The van der Waals surface area contributed by atoms with Gasteiger partial charge < -0.3 is 5.32 Å². The molecule has 0 saturated carbocycles. The molecule has 1 N–H and O–H groups in total. The van der Waals surface area contributed by atoms with Crippen molar-refractivity contribution in [3.05, 3.63) is 94.6 Å². The van der Waals surface area contributed by atoms with E-state index in [4.69, 9.17) is 0 Å². The summed E-state index contributed by atoms with van der Waals surface area (Å²) in [6.45, 7) is 7.95. The number of nitrogens with one attached hydrogen (secondary N) is 1. The fourth-order valence-electron chi connectivity index (χ4n) is 3.46. The highest BCUT2D eigenvalue weighted by Gasteiger charge is 2.20. The summed E-state index contributed by atoms with van der Waals surface area (Å²) < 4.78 is 15.1. The molecule has 4 rings (SSSR count). The van der Waals surface area contributed by atoms with Gasteiger partial charge in [0.05, 0.1) is 5.69 Å². The Morgan fingerprint density at radius 1 is 0.935 bits per heavy atom. The number of aryl methyl sites for hydroxylation is 3. The Bertz CT molecular complexity index is 1280. The van der Waals surface area contributed by atoms with Gasteiger partial charge >= 0.3 is 0 Å². The third-order valence-corrected chi connectivity index (χ3v) is 5.35. The molecule has 1 amide bonds. The second-order valence-electron chi connectivity index (χ2n) is 7.67. The zero-order chi connectivity index (χ0) is 22.1. The van der Waals surface area contributed by atoms with Crippen molar-refractivity contribution in [1.29, 1.82) is 0 Å². The largest absolute Gasteiger partial charge is 0.319 e. The Hall–Kier alpha value is -3.80. The number of carbonyl (C=O) groups is 1. The topological polar surface area (TPSA) is 59.8 Å². The normalized spacial score (nSPS) is 10.9. The molecule has 0 unspecified atom stereocenters. The van der Waals surface area contributed by atoms with Gasteiger partial charge in [0, 0.05) is 11.3 Å². The molecule has 0 saturated heterocycles. The van der Waals surface area contributed by atoms with Crippen LogP contribution < -0.4 is 5.32 Å². The molecular weight excluding hydrogens is 391 g/mol. The smallest absolute Gasteiger partial charge is 0.295 e. The zero-order valence-electron chi connectivity index (χ0n) is 17.9. The Morgan fingerprint density at radius 3 is 2.39 bits per heavy atom. The summed E-state index contributed by atoms with van der Waals surface area (Å²) in [5, 5.41) is 7.42. The molecule has 0 fully saturated rings. The van der Waals surface area contributed by atoms with Crippen molar-refractivity contribution in [3.63, 3.8) is 0 Å². The van der Waals surface area contributed by atoms with E-state index in [9.17, 15) is 9.18 Å². The lowest BCUT2D eigenvalue weighted by atomic mass is 10.1. The number of halogens is 1. The van der Waals surface area contributed by atoms with Crippen molar-refractivity contribution in [2.45, 2.75) is 27.7 Å². The molecule has 31 heavy (non-hydrogen) atoms. The van der Waals surface area contributed by atoms with E-state index in [1.165, 1.54) is 12.1 Å². The predicted molar refractivity (Wildman–Crippen MR) is 120 cm³/mol. The minimum atomic E-state index is -0.403. The number of aromatic nitrogens is 3. The third-order valence-electron chi connectivity index (χ3n) is 5.35. The molecule has 0 aliphatic rings. The summed E-state index contributed by atoms with van der Waals surface area (Å²) in [6.07, 6.45) is 0. The van der Waals surface area contributed by atoms with Crippen LogP contribution in [0, 0.1) is 33.5 Å². The first kappa shape index (κ1) is 20.5. The van der Waals surface area contributed by atoms with Crippen LogP contribution in [0.15, 0.2) is 60.7 Å². The lowest BCUT2D eigenvalue weighted by Crippen LogP contribution is -2.15. The van der Waals surface area contributed by atoms with Crippen molar-refractivity contribution in [1.82, 2.24) is 14.8 Å². The van der Waals surface area contributed by atoms with Gasteiger partial charge in [0.2, 0.25) is 5.82 Å². The van der Waals surface area contributed by atoms with E-state index < -0.39 is 5.91 Å². The minimum Gasteiger partial charge on any atom is -0.319 e. The second-order valence-corrected chi connectivity index (χ2v) is 7.67. The van der Waals surface area contributed by atoms with Gasteiger partial charge in [0.25, 0.3) is 5.91 Å². The lowest BCUT2D eigenvalue weighted by Gasteiger charge is -2.11. The highest BCUT2D eigenvalue weighted by molar-refractivity contribution is 6.02. The van der Waals surface area contributed by atoms with E-state index >= 15 is 0 Å². The van der Waals surface area contributed by atoms with Gasteiger partial charge in [0.1, 0.15) is 5.82 Å². The van der Waals surface area contributed by atoms with E-state index in [1.807, 2.05) is 64.1 Å². The predicted octanol–water partition coefficient (Wildman–Crippen LogP) is 5.56. The van der Waals surface area contributed by atoms with Crippen LogP contribution in [0.2, 0.25) is 0 Å². The van der Waals surface area contributed by atoms with E-state index in [0.29, 0.717) is 17.1 Å². The molecule has 0 spiro atoms. The molecular formula is C25H23FN4O. The molecule has 0 radical (unpaired) electrons. The number of carbonyl (C=O) groups excluding carboxylic acids is 1. The average Bonchev–Trinajstić information content (AvgIpc) is 3.18. The van der Waals surface area contributed by atoms with E-state index in [1.54, 1.807) is 16.8 Å². The molecule has 156 valence electrons. The van der Waals surface area contributed by atoms with Crippen LogP contribution in [0.1, 0.15) is 32.9 Å². The molecule has 4 aromatic rings. The van der Waals surface area contributed by atoms with Crippen molar-refractivity contribution in [2.24, 2.45) is 0 Å². The van der Waals surface area contributed by atoms with Crippen molar-refractivity contribution in [3.8, 4) is 17.1 Å². The molecule has 0 aliphatic carbocycles. The van der Waals surface area contributed by atoms with Crippen LogP contribution in [0.3, 0.4) is 0 Å². The molecule has 5 nitrogen and oxygen atoms in total. The van der Waals surface area contributed by atoms with Crippen molar-refractivity contribution >= 4 is 11.6 Å².